The van der Waals surface area contributed by atoms with E-state index in [1.807, 2.05) is 60.9 Å². The molecule has 0 radical (unpaired) electrons. The van der Waals surface area contributed by atoms with Gasteiger partial charge in [0.2, 0.25) is 0 Å². The van der Waals surface area contributed by atoms with Gasteiger partial charge in [-0.3, -0.25) is 4.99 Å². The Morgan fingerprint density at radius 3 is 2.21 bits per heavy atom. The van der Waals surface area contributed by atoms with Crippen LogP contribution < -0.4 is 0 Å². The van der Waals surface area contributed by atoms with E-state index in [1.54, 1.807) is 0 Å². The lowest BCUT2D eigenvalue weighted by atomic mass is 10.3. The molecule has 0 N–H and O–H groups in total. The van der Waals surface area contributed by atoms with E-state index in [9.17, 15) is 0 Å². The van der Waals surface area contributed by atoms with Gasteiger partial charge < -0.3 is 4.57 Å². The first-order valence-corrected chi connectivity index (χ1v) is 6.24. The third-order valence-corrected chi connectivity index (χ3v) is 2.89. The molecule has 3 rings (SSSR count). The first kappa shape index (κ1) is 11.5. The molecule has 0 bridgehead atoms. The van der Waals surface area contributed by atoms with Crippen LogP contribution in [-0.4, -0.2) is 10.8 Å². The van der Waals surface area contributed by atoms with E-state index in [1.165, 1.54) is 0 Å². The quantitative estimate of drug-likeness (QED) is 0.615. The molecule has 2 heteroatoms. The average molecular weight is 246 g/mol. The lowest BCUT2D eigenvalue weighted by molar-refractivity contribution is 1.08. The van der Waals surface area contributed by atoms with Gasteiger partial charge in [0.05, 0.1) is 5.69 Å². The van der Waals surface area contributed by atoms with Crippen molar-refractivity contribution in [3.8, 4) is 5.69 Å². The van der Waals surface area contributed by atoms with Crippen molar-refractivity contribution in [2.24, 2.45) is 4.99 Å². The number of aliphatic imine (C=N–C) groups is 1. The number of nitrogens with zero attached hydrogens (tertiary/aromatic N) is 2. The van der Waals surface area contributed by atoms with Gasteiger partial charge in [0.15, 0.2) is 0 Å². The Bertz CT molecular complexity index is 667. The molecule has 0 aliphatic heterocycles. The van der Waals surface area contributed by atoms with Crippen LogP contribution in [0.25, 0.3) is 5.69 Å². The Hall–Kier alpha value is -2.61. The topological polar surface area (TPSA) is 17.3 Å². The van der Waals surface area contributed by atoms with Gasteiger partial charge in [0, 0.05) is 29.9 Å². The van der Waals surface area contributed by atoms with Gasteiger partial charge in [0.25, 0.3) is 0 Å². The summed E-state index contributed by atoms with van der Waals surface area (Å²) in [7, 11) is 0. The Labute approximate surface area is 112 Å². The van der Waals surface area contributed by atoms with E-state index >= 15 is 0 Å². The first-order chi connectivity index (χ1) is 9.42. The fourth-order valence-electron chi connectivity index (χ4n) is 1.91. The molecule has 1 aromatic heterocycles. The van der Waals surface area contributed by atoms with E-state index in [-0.39, 0.29) is 0 Å². The van der Waals surface area contributed by atoms with Gasteiger partial charge >= 0.3 is 0 Å². The zero-order valence-corrected chi connectivity index (χ0v) is 10.5. The first-order valence-electron chi connectivity index (χ1n) is 6.24. The summed E-state index contributed by atoms with van der Waals surface area (Å²) >= 11 is 0. The summed E-state index contributed by atoms with van der Waals surface area (Å²) in [4.78, 5) is 4.45. The highest BCUT2D eigenvalue weighted by Crippen LogP contribution is 2.12. The van der Waals surface area contributed by atoms with Crippen molar-refractivity contribution in [2.45, 2.75) is 0 Å². The number of hydrogen-bond acceptors (Lipinski definition) is 1. The van der Waals surface area contributed by atoms with E-state index in [4.69, 9.17) is 0 Å². The van der Waals surface area contributed by atoms with Gasteiger partial charge in [0.1, 0.15) is 0 Å². The molecule has 2 aromatic carbocycles. The lowest BCUT2D eigenvalue weighted by Crippen LogP contribution is -1.88. The van der Waals surface area contributed by atoms with Gasteiger partial charge in [-0.2, -0.15) is 0 Å². The minimum atomic E-state index is 0.968. The number of aromatic nitrogens is 1. The SMILES string of the molecule is C(=Nc1ccccc1)c1ccn(-c2ccccc2)c1. The van der Waals surface area contributed by atoms with Gasteiger partial charge in [-0.1, -0.05) is 36.4 Å². The summed E-state index contributed by atoms with van der Waals surface area (Å²) in [5, 5.41) is 0. The van der Waals surface area contributed by atoms with Crippen molar-refractivity contribution in [3.63, 3.8) is 0 Å². The summed E-state index contributed by atoms with van der Waals surface area (Å²) < 4.78 is 2.09. The number of rotatable bonds is 3. The predicted octanol–water partition coefficient (Wildman–Crippen LogP) is 4.23. The summed E-state index contributed by atoms with van der Waals surface area (Å²) in [5.74, 6) is 0. The molecule has 0 amide bonds. The van der Waals surface area contributed by atoms with Crippen LogP contribution in [0.5, 0.6) is 0 Å². The number of para-hydroxylation sites is 2. The highest BCUT2D eigenvalue weighted by Gasteiger charge is 1.96. The highest BCUT2D eigenvalue weighted by atomic mass is 14.9. The Kier molecular flexibility index (Phi) is 3.24. The Morgan fingerprint density at radius 1 is 0.789 bits per heavy atom. The van der Waals surface area contributed by atoms with Crippen LogP contribution in [0, 0.1) is 0 Å². The maximum absolute atomic E-state index is 4.45. The standard InChI is InChI=1S/C17H14N2/c1-3-7-16(8-4-1)18-13-15-11-12-19(14-15)17-9-5-2-6-10-17/h1-14H. The van der Waals surface area contributed by atoms with Crippen LogP contribution in [0.15, 0.2) is 84.1 Å². The van der Waals surface area contributed by atoms with Crippen molar-refractivity contribution >= 4 is 11.9 Å². The molecular weight excluding hydrogens is 232 g/mol. The van der Waals surface area contributed by atoms with Crippen LogP contribution in [0.3, 0.4) is 0 Å². The predicted molar refractivity (Wildman–Crippen MR) is 79.5 cm³/mol. The van der Waals surface area contributed by atoms with Crippen LogP contribution in [0.2, 0.25) is 0 Å². The summed E-state index contributed by atoms with van der Waals surface area (Å²) in [6.45, 7) is 0. The van der Waals surface area contributed by atoms with Crippen LogP contribution in [-0.2, 0) is 0 Å². The molecule has 1 heterocycles. The molecule has 0 saturated heterocycles. The second-order valence-corrected chi connectivity index (χ2v) is 4.28. The minimum Gasteiger partial charge on any atom is -0.323 e. The number of benzene rings is 2. The Balaban J connectivity index is 1.81. The summed E-state index contributed by atoms with van der Waals surface area (Å²) in [6, 6.07) is 22.3. The van der Waals surface area contributed by atoms with Crippen molar-refractivity contribution in [1.29, 1.82) is 0 Å². The molecule has 0 fully saturated rings. The molecule has 0 aliphatic rings. The molecule has 0 spiro atoms. The molecular formula is C17H14N2. The normalized spacial score (nSPS) is 10.9. The second kappa shape index (κ2) is 5.36. The third-order valence-electron chi connectivity index (χ3n) is 2.89. The van der Waals surface area contributed by atoms with Crippen molar-refractivity contribution in [3.05, 3.63) is 84.7 Å². The third kappa shape index (κ3) is 2.80. The lowest BCUT2D eigenvalue weighted by Gasteiger charge is -2.00. The molecule has 0 aliphatic carbocycles. The Morgan fingerprint density at radius 2 is 1.47 bits per heavy atom. The fourth-order valence-corrected chi connectivity index (χ4v) is 1.91. The van der Waals surface area contributed by atoms with Crippen LogP contribution in [0.1, 0.15) is 5.56 Å². The highest BCUT2D eigenvalue weighted by molar-refractivity contribution is 5.81. The molecule has 3 aromatic rings. The van der Waals surface area contributed by atoms with E-state index in [2.05, 4.69) is 34.0 Å². The second-order valence-electron chi connectivity index (χ2n) is 4.28. The molecule has 2 nitrogen and oxygen atoms in total. The monoisotopic (exact) mass is 246 g/mol. The smallest absolute Gasteiger partial charge is 0.0629 e. The van der Waals surface area contributed by atoms with E-state index in [0.717, 1.165) is 16.9 Å². The van der Waals surface area contributed by atoms with Gasteiger partial charge in [-0.05, 0) is 30.3 Å². The molecule has 0 atom stereocenters. The van der Waals surface area contributed by atoms with Crippen molar-refractivity contribution < 1.29 is 0 Å². The summed E-state index contributed by atoms with van der Waals surface area (Å²) in [6.07, 6.45) is 6.00. The maximum atomic E-state index is 4.45. The maximum Gasteiger partial charge on any atom is 0.0629 e. The van der Waals surface area contributed by atoms with Gasteiger partial charge in [-0.25, -0.2) is 0 Å². The van der Waals surface area contributed by atoms with E-state index in [0.29, 0.717) is 0 Å². The van der Waals surface area contributed by atoms with E-state index < -0.39 is 0 Å². The largest absolute Gasteiger partial charge is 0.323 e. The van der Waals surface area contributed by atoms with Crippen LogP contribution >= 0.6 is 0 Å². The molecule has 0 saturated carbocycles. The fraction of sp³-hybridized carbons (Fsp3) is 0. The van der Waals surface area contributed by atoms with Crippen molar-refractivity contribution in [2.75, 3.05) is 0 Å². The van der Waals surface area contributed by atoms with Crippen molar-refractivity contribution in [1.82, 2.24) is 4.57 Å². The zero-order valence-electron chi connectivity index (χ0n) is 10.5. The summed E-state index contributed by atoms with van der Waals surface area (Å²) in [5.41, 5.74) is 3.21. The molecule has 92 valence electrons. The van der Waals surface area contributed by atoms with Gasteiger partial charge in [-0.15, -0.1) is 0 Å². The molecule has 19 heavy (non-hydrogen) atoms. The van der Waals surface area contributed by atoms with Crippen LogP contribution in [0.4, 0.5) is 5.69 Å². The molecule has 0 unspecified atom stereocenters. The zero-order chi connectivity index (χ0) is 12.9. The average Bonchev–Trinajstić information content (AvgIpc) is 2.96. The number of hydrogen-bond donors (Lipinski definition) is 0. The minimum absolute atomic E-state index is 0.968.